The zero-order valence-electron chi connectivity index (χ0n) is 17.2. The number of benzene rings is 1. The van der Waals surface area contributed by atoms with Crippen molar-refractivity contribution in [1.82, 2.24) is 10.2 Å². The van der Waals surface area contributed by atoms with Crippen molar-refractivity contribution < 1.29 is 19.1 Å². The Labute approximate surface area is 178 Å². The van der Waals surface area contributed by atoms with Crippen LogP contribution in [0.1, 0.15) is 43.2 Å². The second-order valence-electron chi connectivity index (χ2n) is 7.71. The first-order valence-corrected chi connectivity index (χ1v) is 10.1. The number of rotatable bonds is 7. The van der Waals surface area contributed by atoms with Gasteiger partial charge in [0, 0.05) is 38.0 Å². The third kappa shape index (κ3) is 5.76. The van der Waals surface area contributed by atoms with Crippen LogP contribution in [-0.2, 0) is 22.6 Å². The Balaban J connectivity index is 0.00000300. The van der Waals surface area contributed by atoms with Crippen LogP contribution >= 0.6 is 12.4 Å². The molecule has 3 N–H and O–H groups in total. The number of halogens is 1. The lowest BCUT2D eigenvalue weighted by atomic mass is 9.98. The average Bonchev–Trinajstić information content (AvgIpc) is 3.15. The van der Waals surface area contributed by atoms with Crippen LogP contribution in [0.4, 0.5) is 0 Å². The number of hydrogen-bond acceptors (Lipinski definition) is 5. The molecular formula is C21H32ClN3O4. The molecule has 8 heteroatoms. The Kier molecular flexibility index (Phi) is 8.59. The monoisotopic (exact) mass is 425 g/mol. The highest BCUT2D eigenvalue weighted by Gasteiger charge is 2.27. The van der Waals surface area contributed by atoms with Crippen LogP contribution < -0.4 is 20.5 Å². The molecule has 2 unspecified atom stereocenters. The van der Waals surface area contributed by atoms with E-state index in [1.807, 2.05) is 17.0 Å². The molecule has 2 amide bonds. The van der Waals surface area contributed by atoms with Gasteiger partial charge in [-0.1, -0.05) is 0 Å². The van der Waals surface area contributed by atoms with Gasteiger partial charge >= 0.3 is 0 Å². The Morgan fingerprint density at radius 1 is 1.17 bits per heavy atom. The van der Waals surface area contributed by atoms with E-state index in [-0.39, 0.29) is 36.2 Å². The Bertz CT molecular complexity index is 728. The van der Waals surface area contributed by atoms with Gasteiger partial charge in [0.1, 0.15) is 0 Å². The Morgan fingerprint density at radius 3 is 2.48 bits per heavy atom. The van der Waals surface area contributed by atoms with Crippen molar-refractivity contribution in [2.24, 2.45) is 11.7 Å². The molecule has 162 valence electrons. The predicted molar refractivity (Wildman–Crippen MR) is 113 cm³/mol. The molecule has 1 saturated carbocycles. The zero-order valence-corrected chi connectivity index (χ0v) is 18.1. The average molecular weight is 426 g/mol. The molecule has 1 fully saturated rings. The zero-order chi connectivity index (χ0) is 20.1. The summed E-state index contributed by atoms with van der Waals surface area (Å²) in [6, 6.07) is 4.11. The molecule has 1 aromatic rings. The molecule has 0 saturated heterocycles. The number of nitrogens with two attached hydrogens (primary N) is 1. The van der Waals surface area contributed by atoms with Crippen LogP contribution in [-0.4, -0.2) is 50.1 Å². The first-order valence-electron chi connectivity index (χ1n) is 10.1. The van der Waals surface area contributed by atoms with Gasteiger partial charge in [-0.15, -0.1) is 12.4 Å². The lowest BCUT2D eigenvalue weighted by Gasteiger charge is -2.29. The molecular weight excluding hydrogens is 394 g/mol. The number of amides is 2. The van der Waals surface area contributed by atoms with Crippen molar-refractivity contribution in [3.05, 3.63) is 23.3 Å². The number of methoxy groups -OCH3 is 2. The van der Waals surface area contributed by atoms with Crippen molar-refractivity contribution in [2.75, 3.05) is 27.3 Å². The first kappa shape index (κ1) is 23.3. The second kappa shape index (κ2) is 10.7. The summed E-state index contributed by atoms with van der Waals surface area (Å²) in [5.41, 5.74) is 8.16. The first-order chi connectivity index (χ1) is 13.5. The fourth-order valence-electron chi connectivity index (χ4n) is 4.10. The number of hydrogen-bond donors (Lipinski definition) is 2. The number of nitrogens with zero attached hydrogens (tertiary/aromatic N) is 1. The van der Waals surface area contributed by atoms with Crippen molar-refractivity contribution in [3.8, 4) is 11.5 Å². The summed E-state index contributed by atoms with van der Waals surface area (Å²) in [6.07, 6.45) is 4.45. The van der Waals surface area contributed by atoms with Gasteiger partial charge < -0.3 is 25.4 Å². The molecule has 0 spiro atoms. The number of carbonyl (C=O) groups is 2. The highest BCUT2D eigenvalue weighted by atomic mass is 35.5. The molecule has 1 aliphatic carbocycles. The maximum atomic E-state index is 12.6. The quantitative estimate of drug-likeness (QED) is 0.652. The van der Waals surface area contributed by atoms with E-state index in [0.717, 1.165) is 37.0 Å². The van der Waals surface area contributed by atoms with Crippen molar-refractivity contribution in [1.29, 1.82) is 0 Å². The topological polar surface area (TPSA) is 93.9 Å². The highest BCUT2D eigenvalue weighted by molar-refractivity contribution is 5.85. The maximum absolute atomic E-state index is 12.6. The van der Waals surface area contributed by atoms with E-state index in [0.29, 0.717) is 38.2 Å². The summed E-state index contributed by atoms with van der Waals surface area (Å²) < 4.78 is 10.7. The molecule has 1 aliphatic heterocycles. The van der Waals surface area contributed by atoms with E-state index in [9.17, 15) is 9.59 Å². The van der Waals surface area contributed by atoms with Crippen molar-refractivity contribution in [2.45, 2.75) is 51.1 Å². The molecule has 29 heavy (non-hydrogen) atoms. The van der Waals surface area contributed by atoms with E-state index in [1.165, 1.54) is 5.56 Å². The normalized spacial score (nSPS) is 20.4. The maximum Gasteiger partial charge on any atom is 0.223 e. The molecule has 0 bridgehead atoms. The summed E-state index contributed by atoms with van der Waals surface area (Å²) in [5.74, 6) is 1.65. The number of ether oxygens (including phenoxy) is 2. The third-order valence-corrected chi connectivity index (χ3v) is 5.78. The van der Waals surface area contributed by atoms with E-state index < -0.39 is 0 Å². The third-order valence-electron chi connectivity index (χ3n) is 5.78. The lowest BCUT2D eigenvalue weighted by Crippen LogP contribution is -2.36. The van der Waals surface area contributed by atoms with E-state index in [1.54, 1.807) is 14.2 Å². The Hall–Kier alpha value is -1.99. The minimum Gasteiger partial charge on any atom is -0.493 e. The number of carbonyl (C=O) groups excluding carboxylic acids is 2. The minimum absolute atomic E-state index is 0. The summed E-state index contributed by atoms with van der Waals surface area (Å²) in [6.45, 7) is 1.82. The molecule has 2 atom stereocenters. The fraction of sp³-hybridized carbons (Fsp3) is 0.619. The van der Waals surface area contributed by atoms with Crippen LogP contribution in [0.25, 0.3) is 0 Å². The van der Waals surface area contributed by atoms with Crippen molar-refractivity contribution >= 4 is 24.2 Å². The van der Waals surface area contributed by atoms with E-state index in [2.05, 4.69) is 5.32 Å². The highest BCUT2D eigenvalue weighted by Crippen LogP contribution is 2.33. The molecule has 3 rings (SSSR count). The molecule has 7 nitrogen and oxygen atoms in total. The lowest BCUT2D eigenvalue weighted by molar-refractivity contribution is -0.132. The van der Waals surface area contributed by atoms with Gasteiger partial charge in [0.15, 0.2) is 11.5 Å². The standard InChI is InChI=1S/C21H31N3O4.ClH/c1-27-18-11-14-7-9-24(13-16(14)12-19(18)28-2)20(25)4-3-8-23-21(26)15-5-6-17(22)10-15;/h11-12,15,17H,3-10,13,22H2,1-2H3,(H,23,26);1H. The molecule has 0 aromatic heterocycles. The van der Waals surface area contributed by atoms with Crippen molar-refractivity contribution in [3.63, 3.8) is 0 Å². The molecule has 0 radical (unpaired) electrons. The number of fused-ring (bicyclic) bond motifs is 1. The van der Waals surface area contributed by atoms with Crippen LogP contribution in [0, 0.1) is 5.92 Å². The van der Waals surface area contributed by atoms with Crippen LogP contribution in [0.2, 0.25) is 0 Å². The second-order valence-corrected chi connectivity index (χ2v) is 7.71. The van der Waals surface area contributed by atoms with Gasteiger partial charge in [-0.2, -0.15) is 0 Å². The summed E-state index contributed by atoms with van der Waals surface area (Å²) >= 11 is 0. The van der Waals surface area contributed by atoms with E-state index in [4.69, 9.17) is 15.2 Å². The van der Waals surface area contributed by atoms with Gasteiger partial charge in [0.2, 0.25) is 11.8 Å². The Morgan fingerprint density at radius 2 is 1.86 bits per heavy atom. The van der Waals surface area contributed by atoms with Gasteiger partial charge in [0.05, 0.1) is 14.2 Å². The van der Waals surface area contributed by atoms with Gasteiger partial charge in [-0.05, 0) is 55.4 Å². The molecule has 2 aliphatic rings. The van der Waals surface area contributed by atoms with Gasteiger partial charge in [0.25, 0.3) is 0 Å². The van der Waals surface area contributed by atoms with Gasteiger partial charge in [-0.25, -0.2) is 0 Å². The van der Waals surface area contributed by atoms with E-state index >= 15 is 0 Å². The summed E-state index contributed by atoms with van der Waals surface area (Å²) in [5, 5.41) is 2.95. The van der Waals surface area contributed by atoms with Crippen LogP contribution in [0.5, 0.6) is 11.5 Å². The smallest absolute Gasteiger partial charge is 0.223 e. The van der Waals surface area contributed by atoms with Gasteiger partial charge in [-0.3, -0.25) is 9.59 Å². The summed E-state index contributed by atoms with van der Waals surface area (Å²) in [7, 11) is 3.24. The SMILES string of the molecule is COc1cc2c(cc1OC)CN(C(=O)CCCNC(=O)C1CCC(N)C1)CC2.Cl. The molecule has 1 heterocycles. The largest absolute Gasteiger partial charge is 0.493 e. The predicted octanol–water partition coefficient (Wildman–Crippen LogP) is 2.03. The van der Waals surface area contributed by atoms with Crippen LogP contribution in [0.3, 0.4) is 0 Å². The minimum atomic E-state index is 0. The summed E-state index contributed by atoms with van der Waals surface area (Å²) in [4.78, 5) is 26.6. The van der Waals surface area contributed by atoms with Crippen LogP contribution in [0.15, 0.2) is 12.1 Å². The number of nitrogens with one attached hydrogen (secondary N) is 1. The fourth-order valence-corrected chi connectivity index (χ4v) is 4.10. The molecule has 1 aromatic carbocycles.